The number of amides is 1. The van der Waals surface area contributed by atoms with E-state index >= 15 is 0 Å². The average Bonchev–Trinajstić information content (AvgIpc) is 3.03. The first-order valence-corrected chi connectivity index (χ1v) is 7.44. The standard InChI is InChI=1S/C16H15F3N4O/c17-16(18,19)12-4-3-8-21-14(12)22-11-6-9-23(10-11)15(24)13-5-1-2-7-20-13/h1-5,7-8,11H,6,9-10H2,(H,21,22)/t11-/m1/s1. The Labute approximate surface area is 136 Å². The van der Waals surface area contributed by atoms with Gasteiger partial charge in [-0.3, -0.25) is 9.78 Å². The van der Waals surface area contributed by atoms with Crippen LogP contribution in [0.3, 0.4) is 0 Å². The van der Waals surface area contributed by atoms with Gasteiger partial charge in [0.2, 0.25) is 0 Å². The van der Waals surface area contributed by atoms with Crippen molar-refractivity contribution in [2.24, 2.45) is 0 Å². The predicted molar refractivity (Wildman–Crippen MR) is 81.4 cm³/mol. The maximum Gasteiger partial charge on any atom is 0.419 e. The molecule has 2 aromatic rings. The number of nitrogens with zero attached hydrogens (tertiary/aromatic N) is 3. The summed E-state index contributed by atoms with van der Waals surface area (Å²) in [4.78, 5) is 21.7. The first-order chi connectivity index (χ1) is 11.4. The Balaban J connectivity index is 1.68. The number of anilines is 1. The monoisotopic (exact) mass is 336 g/mol. The second kappa shape index (κ2) is 6.46. The summed E-state index contributed by atoms with van der Waals surface area (Å²) in [6.07, 6.45) is -1.09. The number of likely N-dealkylation sites (tertiary alicyclic amines) is 1. The fraction of sp³-hybridized carbons (Fsp3) is 0.312. The largest absolute Gasteiger partial charge is 0.419 e. The van der Waals surface area contributed by atoms with E-state index in [4.69, 9.17) is 0 Å². The minimum Gasteiger partial charge on any atom is -0.365 e. The number of nitrogens with one attached hydrogen (secondary N) is 1. The summed E-state index contributed by atoms with van der Waals surface area (Å²) in [5, 5.41) is 2.81. The summed E-state index contributed by atoms with van der Waals surface area (Å²) in [6.45, 7) is 0.768. The molecule has 5 nitrogen and oxygen atoms in total. The van der Waals surface area contributed by atoms with E-state index in [1.807, 2.05) is 0 Å². The molecule has 1 fully saturated rings. The molecule has 0 radical (unpaired) electrons. The third kappa shape index (κ3) is 3.47. The lowest BCUT2D eigenvalue weighted by Crippen LogP contribution is -2.32. The highest BCUT2D eigenvalue weighted by Gasteiger charge is 2.35. The van der Waals surface area contributed by atoms with Crippen LogP contribution in [0, 0.1) is 0 Å². The molecular formula is C16H15F3N4O. The van der Waals surface area contributed by atoms with Crippen molar-refractivity contribution in [2.75, 3.05) is 18.4 Å². The third-order valence-electron chi connectivity index (χ3n) is 3.81. The van der Waals surface area contributed by atoms with E-state index in [1.165, 1.54) is 18.5 Å². The van der Waals surface area contributed by atoms with E-state index in [0.29, 0.717) is 25.2 Å². The van der Waals surface area contributed by atoms with E-state index in [0.717, 1.165) is 6.07 Å². The summed E-state index contributed by atoms with van der Waals surface area (Å²) in [6, 6.07) is 7.00. The molecule has 0 unspecified atom stereocenters. The Morgan fingerprint density at radius 1 is 1.17 bits per heavy atom. The Bertz CT molecular complexity index is 721. The molecule has 1 atom stereocenters. The molecule has 0 aliphatic carbocycles. The van der Waals surface area contributed by atoms with Crippen LogP contribution >= 0.6 is 0 Å². The molecule has 1 aliphatic heterocycles. The third-order valence-corrected chi connectivity index (χ3v) is 3.81. The zero-order valence-electron chi connectivity index (χ0n) is 12.6. The lowest BCUT2D eigenvalue weighted by Gasteiger charge is -2.19. The molecule has 1 saturated heterocycles. The number of carbonyl (C=O) groups is 1. The number of carbonyl (C=O) groups excluding carboxylic acids is 1. The Kier molecular flexibility index (Phi) is 4.37. The van der Waals surface area contributed by atoms with E-state index < -0.39 is 11.7 Å². The second-order valence-electron chi connectivity index (χ2n) is 5.49. The van der Waals surface area contributed by atoms with Crippen LogP contribution in [-0.2, 0) is 6.18 Å². The quantitative estimate of drug-likeness (QED) is 0.936. The van der Waals surface area contributed by atoms with Crippen molar-refractivity contribution in [1.82, 2.24) is 14.9 Å². The number of pyridine rings is 2. The molecule has 1 aliphatic rings. The van der Waals surface area contributed by atoms with E-state index in [-0.39, 0.29) is 17.8 Å². The summed E-state index contributed by atoms with van der Waals surface area (Å²) < 4.78 is 39.0. The number of aromatic nitrogens is 2. The van der Waals surface area contributed by atoms with Gasteiger partial charge in [-0.05, 0) is 30.7 Å². The van der Waals surface area contributed by atoms with Crippen LogP contribution in [0.4, 0.5) is 19.0 Å². The van der Waals surface area contributed by atoms with E-state index in [2.05, 4.69) is 15.3 Å². The SMILES string of the molecule is O=C(c1ccccn1)N1CC[C@@H](Nc2ncccc2C(F)(F)F)C1. The highest BCUT2D eigenvalue weighted by Crippen LogP contribution is 2.34. The maximum absolute atomic E-state index is 13.0. The maximum atomic E-state index is 13.0. The lowest BCUT2D eigenvalue weighted by molar-refractivity contribution is -0.137. The van der Waals surface area contributed by atoms with Gasteiger partial charge >= 0.3 is 6.18 Å². The minimum absolute atomic E-state index is 0.206. The van der Waals surface area contributed by atoms with Gasteiger partial charge in [0, 0.05) is 31.5 Å². The van der Waals surface area contributed by atoms with Crippen molar-refractivity contribution in [3.8, 4) is 0 Å². The molecule has 8 heteroatoms. The zero-order valence-corrected chi connectivity index (χ0v) is 12.6. The predicted octanol–water partition coefficient (Wildman–Crippen LogP) is 2.82. The molecule has 0 bridgehead atoms. The van der Waals surface area contributed by atoms with Gasteiger partial charge in [0.15, 0.2) is 0 Å². The van der Waals surface area contributed by atoms with Gasteiger partial charge in [-0.25, -0.2) is 4.98 Å². The molecule has 24 heavy (non-hydrogen) atoms. The van der Waals surface area contributed by atoms with Gasteiger partial charge in [-0.15, -0.1) is 0 Å². The van der Waals surface area contributed by atoms with Gasteiger partial charge < -0.3 is 10.2 Å². The van der Waals surface area contributed by atoms with Crippen LogP contribution in [0.1, 0.15) is 22.5 Å². The number of hydrogen-bond acceptors (Lipinski definition) is 4. The summed E-state index contributed by atoms with van der Waals surface area (Å²) in [5.41, 5.74) is -0.480. The number of rotatable bonds is 3. The average molecular weight is 336 g/mol. The fourth-order valence-corrected chi connectivity index (χ4v) is 2.66. The zero-order chi connectivity index (χ0) is 17.2. The highest BCUT2D eigenvalue weighted by atomic mass is 19.4. The molecule has 3 rings (SSSR count). The normalized spacial score (nSPS) is 17.8. The molecule has 126 valence electrons. The number of alkyl halides is 3. The fourth-order valence-electron chi connectivity index (χ4n) is 2.66. The van der Waals surface area contributed by atoms with Crippen molar-refractivity contribution >= 4 is 11.7 Å². The summed E-state index contributed by atoms with van der Waals surface area (Å²) >= 11 is 0. The van der Waals surface area contributed by atoms with E-state index in [1.54, 1.807) is 23.1 Å². The van der Waals surface area contributed by atoms with Gasteiger partial charge in [0.1, 0.15) is 11.5 Å². The molecule has 0 saturated carbocycles. The van der Waals surface area contributed by atoms with Gasteiger partial charge in [0.25, 0.3) is 5.91 Å². The van der Waals surface area contributed by atoms with Crippen molar-refractivity contribution < 1.29 is 18.0 Å². The van der Waals surface area contributed by atoms with Gasteiger partial charge in [0.05, 0.1) is 5.56 Å². The number of halogens is 3. The number of hydrogen-bond donors (Lipinski definition) is 1. The second-order valence-corrected chi connectivity index (χ2v) is 5.49. The Morgan fingerprint density at radius 2 is 1.96 bits per heavy atom. The van der Waals surface area contributed by atoms with Crippen molar-refractivity contribution in [1.29, 1.82) is 0 Å². The first-order valence-electron chi connectivity index (χ1n) is 7.44. The first kappa shape index (κ1) is 16.2. The van der Waals surface area contributed by atoms with Crippen LogP contribution in [0.5, 0.6) is 0 Å². The molecule has 1 amide bonds. The van der Waals surface area contributed by atoms with Gasteiger partial charge in [-0.1, -0.05) is 6.07 Å². The highest BCUT2D eigenvalue weighted by molar-refractivity contribution is 5.92. The van der Waals surface area contributed by atoms with Crippen LogP contribution in [0.2, 0.25) is 0 Å². The smallest absolute Gasteiger partial charge is 0.365 e. The molecular weight excluding hydrogens is 321 g/mol. The lowest BCUT2D eigenvalue weighted by atomic mass is 10.2. The van der Waals surface area contributed by atoms with Crippen molar-refractivity contribution in [2.45, 2.75) is 18.6 Å². The van der Waals surface area contributed by atoms with Crippen LogP contribution < -0.4 is 5.32 Å². The van der Waals surface area contributed by atoms with Crippen molar-refractivity contribution in [3.63, 3.8) is 0 Å². The minimum atomic E-state index is -4.47. The molecule has 0 spiro atoms. The van der Waals surface area contributed by atoms with Gasteiger partial charge in [-0.2, -0.15) is 13.2 Å². The van der Waals surface area contributed by atoms with Crippen LogP contribution in [-0.4, -0.2) is 39.9 Å². The summed E-state index contributed by atoms with van der Waals surface area (Å²) in [5.74, 6) is -0.431. The summed E-state index contributed by atoms with van der Waals surface area (Å²) in [7, 11) is 0. The van der Waals surface area contributed by atoms with E-state index in [9.17, 15) is 18.0 Å². The topological polar surface area (TPSA) is 58.1 Å². The Morgan fingerprint density at radius 3 is 2.67 bits per heavy atom. The Hall–Kier alpha value is -2.64. The van der Waals surface area contributed by atoms with Crippen LogP contribution in [0.25, 0.3) is 0 Å². The molecule has 3 heterocycles. The van der Waals surface area contributed by atoms with Crippen LogP contribution in [0.15, 0.2) is 42.7 Å². The van der Waals surface area contributed by atoms with Crippen molar-refractivity contribution in [3.05, 3.63) is 54.0 Å². The molecule has 0 aromatic carbocycles. The molecule has 2 aromatic heterocycles. The molecule has 1 N–H and O–H groups in total.